The van der Waals surface area contributed by atoms with Gasteiger partial charge in [0.05, 0.1) is 12.3 Å². The molecule has 0 unspecified atom stereocenters. The van der Waals surface area contributed by atoms with E-state index in [4.69, 9.17) is 9.47 Å². The van der Waals surface area contributed by atoms with Gasteiger partial charge in [0.1, 0.15) is 4.88 Å². The molecule has 1 aromatic rings. The lowest BCUT2D eigenvalue weighted by Crippen LogP contribution is -2.36. The van der Waals surface area contributed by atoms with E-state index in [-0.39, 0.29) is 11.5 Å². The molecule has 0 amide bonds. The highest BCUT2D eigenvalue weighted by molar-refractivity contribution is 7.17. The summed E-state index contributed by atoms with van der Waals surface area (Å²) in [4.78, 5) is 17.9. The maximum atomic E-state index is 11.2. The summed E-state index contributed by atoms with van der Waals surface area (Å²) in [5.41, 5.74) is 0.494. The molecule has 19 heavy (non-hydrogen) atoms. The number of aromatic nitrogens is 1. The second-order valence-corrected chi connectivity index (χ2v) is 5.44. The zero-order valence-electron chi connectivity index (χ0n) is 11.1. The second kappa shape index (κ2) is 6.31. The van der Waals surface area contributed by atoms with Gasteiger partial charge < -0.3 is 19.5 Å². The summed E-state index contributed by atoms with van der Waals surface area (Å²) in [6.45, 7) is 1.72. The first-order valence-electron chi connectivity index (χ1n) is 6.16. The number of ether oxygens (including phenoxy) is 2. The van der Waals surface area contributed by atoms with Gasteiger partial charge in [-0.15, -0.1) is 0 Å². The summed E-state index contributed by atoms with van der Waals surface area (Å²) in [5, 5.41) is 9.91. The average molecular weight is 286 g/mol. The lowest BCUT2D eigenvalue weighted by Gasteiger charge is -2.30. The van der Waals surface area contributed by atoms with Crippen LogP contribution in [0.3, 0.4) is 0 Å². The van der Waals surface area contributed by atoms with E-state index in [9.17, 15) is 9.90 Å². The highest BCUT2D eigenvalue weighted by Gasteiger charge is 2.24. The van der Waals surface area contributed by atoms with Gasteiger partial charge in [-0.1, -0.05) is 11.3 Å². The molecule has 0 bridgehead atoms. The highest BCUT2D eigenvalue weighted by Crippen LogP contribution is 2.29. The predicted molar refractivity (Wildman–Crippen MR) is 72.0 cm³/mol. The molecule has 0 spiro atoms. The summed E-state index contributed by atoms with van der Waals surface area (Å²) < 4.78 is 10.3. The summed E-state index contributed by atoms with van der Waals surface area (Å²) in [5.74, 6) is -0.948. The van der Waals surface area contributed by atoms with Crippen molar-refractivity contribution in [3.05, 3.63) is 10.6 Å². The quantitative estimate of drug-likeness (QED) is 0.886. The van der Waals surface area contributed by atoms with Gasteiger partial charge in [-0.25, -0.2) is 9.78 Å². The van der Waals surface area contributed by atoms with Crippen molar-refractivity contribution in [3.8, 4) is 0 Å². The molecule has 2 rings (SSSR count). The molecule has 0 aliphatic carbocycles. The summed E-state index contributed by atoms with van der Waals surface area (Å²) in [6.07, 6.45) is 1.89. The Labute approximate surface area is 116 Å². The molecular weight excluding hydrogens is 268 g/mol. The molecule has 1 saturated heterocycles. The first-order chi connectivity index (χ1) is 9.13. The van der Waals surface area contributed by atoms with Crippen molar-refractivity contribution in [2.24, 2.45) is 0 Å². The maximum absolute atomic E-state index is 11.2. The zero-order chi connectivity index (χ0) is 13.8. The number of hydrogen-bond acceptors (Lipinski definition) is 6. The Morgan fingerprint density at radius 1 is 1.58 bits per heavy atom. The van der Waals surface area contributed by atoms with E-state index in [0.717, 1.165) is 31.2 Å². The maximum Gasteiger partial charge on any atom is 0.347 e. The van der Waals surface area contributed by atoms with E-state index in [0.29, 0.717) is 11.7 Å². The van der Waals surface area contributed by atoms with Crippen LogP contribution in [-0.4, -0.2) is 49.5 Å². The fraction of sp³-hybridized carbons (Fsp3) is 0.667. The van der Waals surface area contributed by atoms with Crippen LogP contribution >= 0.6 is 11.3 Å². The van der Waals surface area contributed by atoms with E-state index < -0.39 is 5.97 Å². The lowest BCUT2D eigenvalue weighted by molar-refractivity contribution is 0.0697. The molecule has 0 radical (unpaired) electrons. The number of carboxylic acid groups (broad SMARTS) is 1. The monoisotopic (exact) mass is 286 g/mol. The standard InChI is InChI=1S/C12H18N2O4S/c1-14(8-3-5-18-6-4-8)12-13-9(7-17-2)10(19-12)11(15)16/h8H,3-7H2,1-2H3,(H,15,16). The smallest absolute Gasteiger partial charge is 0.347 e. The SMILES string of the molecule is COCc1nc(N(C)C2CCOCC2)sc1C(=O)O. The number of carbonyl (C=O) groups is 1. The molecule has 1 aliphatic rings. The van der Waals surface area contributed by atoms with Crippen LogP contribution in [0.15, 0.2) is 0 Å². The van der Waals surface area contributed by atoms with Crippen LogP contribution in [0.5, 0.6) is 0 Å². The van der Waals surface area contributed by atoms with Gasteiger partial charge in [0.25, 0.3) is 0 Å². The molecule has 0 aromatic carbocycles. The van der Waals surface area contributed by atoms with Crippen molar-refractivity contribution < 1.29 is 19.4 Å². The van der Waals surface area contributed by atoms with Crippen molar-refractivity contribution in [1.82, 2.24) is 4.98 Å². The molecule has 1 aromatic heterocycles. The van der Waals surface area contributed by atoms with Crippen LogP contribution in [-0.2, 0) is 16.1 Å². The van der Waals surface area contributed by atoms with E-state index in [1.54, 1.807) is 0 Å². The number of rotatable bonds is 5. The van der Waals surface area contributed by atoms with Crippen molar-refractivity contribution >= 4 is 22.4 Å². The Bertz CT molecular complexity index is 443. The largest absolute Gasteiger partial charge is 0.477 e. The minimum atomic E-state index is -0.948. The molecule has 106 valence electrons. The Balaban J connectivity index is 2.18. The molecule has 1 aliphatic heterocycles. The number of carboxylic acids is 1. The number of hydrogen-bond donors (Lipinski definition) is 1. The molecule has 1 N–H and O–H groups in total. The Morgan fingerprint density at radius 2 is 2.26 bits per heavy atom. The minimum Gasteiger partial charge on any atom is -0.477 e. The number of methoxy groups -OCH3 is 1. The van der Waals surface area contributed by atoms with Crippen molar-refractivity contribution in [3.63, 3.8) is 0 Å². The summed E-state index contributed by atoms with van der Waals surface area (Å²) in [7, 11) is 3.49. The first-order valence-corrected chi connectivity index (χ1v) is 6.97. The topological polar surface area (TPSA) is 71.9 Å². The third-order valence-electron chi connectivity index (χ3n) is 3.20. The van der Waals surface area contributed by atoms with Gasteiger partial charge >= 0.3 is 5.97 Å². The van der Waals surface area contributed by atoms with Gasteiger partial charge in [-0.2, -0.15) is 0 Å². The van der Waals surface area contributed by atoms with Crippen LogP contribution < -0.4 is 4.90 Å². The Kier molecular flexibility index (Phi) is 4.73. The van der Waals surface area contributed by atoms with Crippen molar-refractivity contribution in [2.75, 3.05) is 32.3 Å². The summed E-state index contributed by atoms with van der Waals surface area (Å²) >= 11 is 1.20. The zero-order valence-corrected chi connectivity index (χ0v) is 11.9. The van der Waals surface area contributed by atoms with E-state index >= 15 is 0 Å². The number of thiazole rings is 1. The van der Waals surface area contributed by atoms with Crippen LogP contribution in [0.25, 0.3) is 0 Å². The van der Waals surface area contributed by atoms with Gasteiger partial charge in [0, 0.05) is 33.4 Å². The third-order valence-corrected chi connectivity index (χ3v) is 4.38. The average Bonchev–Trinajstić information content (AvgIpc) is 2.83. The van der Waals surface area contributed by atoms with Gasteiger partial charge in [-0.3, -0.25) is 0 Å². The van der Waals surface area contributed by atoms with Gasteiger partial charge in [0.15, 0.2) is 5.13 Å². The molecule has 0 atom stereocenters. The molecule has 0 saturated carbocycles. The van der Waals surface area contributed by atoms with E-state index in [1.165, 1.54) is 18.4 Å². The van der Waals surface area contributed by atoms with Crippen molar-refractivity contribution in [1.29, 1.82) is 0 Å². The van der Waals surface area contributed by atoms with Gasteiger partial charge in [-0.05, 0) is 12.8 Å². The number of aromatic carboxylic acids is 1. The van der Waals surface area contributed by atoms with E-state index in [1.807, 2.05) is 7.05 Å². The van der Waals surface area contributed by atoms with Crippen LogP contribution in [0.4, 0.5) is 5.13 Å². The molecule has 1 fully saturated rings. The van der Waals surface area contributed by atoms with Crippen molar-refractivity contribution in [2.45, 2.75) is 25.5 Å². The fourth-order valence-electron chi connectivity index (χ4n) is 2.12. The minimum absolute atomic E-state index is 0.222. The second-order valence-electron chi connectivity index (χ2n) is 4.46. The Morgan fingerprint density at radius 3 is 2.84 bits per heavy atom. The van der Waals surface area contributed by atoms with Crippen LogP contribution in [0.2, 0.25) is 0 Å². The molecule has 2 heterocycles. The summed E-state index contributed by atoms with van der Waals surface area (Å²) in [6, 6.07) is 0.358. The van der Waals surface area contributed by atoms with Gasteiger partial charge in [0.2, 0.25) is 0 Å². The number of anilines is 1. The molecule has 7 heteroatoms. The lowest BCUT2D eigenvalue weighted by atomic mass is 10.1. The van der Waals surface area contributed by atoms with Crippen LogP contribution in [0, 0.1) is 0 Å². The predicted octanol–water partition coefficient (Wildman–Crippen LogP) is 1.60. The van der Waals surface area contributed by atoms with Crippen LogP contribution in [0.1, 0.15) is 28.2 Å². The fourth-order valence-corrected chi connectivity index (χ4v) is 3.06. The first kappa shape index (κ1) is 14.2. The molecule has 6 nitrogen and oxygen atoms in total. The highest BCUT2D eigenvalue weighted by atomic mass is 32.1. The third kappa shape index (κ3) is 3.23. The number of nitrogens with zero attached hydrogens (tertiary/aromatic N) is 2. The normalized spacial score (nSPS) is 16.5. The Hall–Kier alpha value is -1.18. The molecular formula is C12H18N2O4S. The van der Waals surface area contributed by atoms with E-state index in [2.05, 4.69) is 9.88 Å².